The first-order valence-electron chi connectivity index (χ1n) is 5.72. The number of sulfone groups is 1. The third-order valence-electron chi connectivity index (χ3n) is 3.13. The molecule has 1 saturated heterocycles. The molecular weight excluding hydrogens is 334 g/mol. The van der Waals surface area contributed by atoms with E-state index in [1.165, 1.54) is 6.07 Å². The summed E-state index contributed by atoms with van der Waals surface area (Å²) in [7, 11) is -3.07. The third-order valence-corrected chi connectivity index (χ3v) is 5.70. The number of carbonyl (C=O) groups excluding carboxylic acids is 1. The first-order valence-corrected chi connectivity index (χ1v) is 8.34. The normalized spacial score (nSPS) is 25.2. The quantitative estimate of drug-likeness (QED) is 0.848. The summed E-state index contributed by atoms with van der Waals surface area (Å²) in [6.07, 6.45) is 0.406. The number of rotatable bonds is 2. The average Bonchev–Trinajstić information content (AvgIpc) is 2.56. The van der Waals surface area contributed by atoms with E-state index >= 15 is 0 Å². The molecule has 1 amide bonds. The molecule has 1 unspecified atom stereocenters. The van der Waals surface area contributed by atoms with Crippen LogP contribution < -0.4 is 5.32 Å². The summed E-state index contributed by atoms with van der Waals surface area (Å²) in [5, 5.41) is 12.3. The van der Waals surface area contributed by atoms with Crippen LogP contribution in [0.3, 0.4) is 0 Å². The summed E-state index contributed by atoms with van der Waals surface area (Å²) in [6.45, 7) is 1.72. The van der Waals surface area contributed by atoms with Crippen molar-refractivity contribution in [1.29, 1.82) is 0 Å². The van der Waals surface area contributed by atoms with Gasteiger partial charge in [0, 0.05) is 5.56 Å². The van der Waals surface area contributed by atoms with Gasteiger partial charge in [-0.25, -0.2) is 8.42 Å². The van der Waals surface area contributed by atoms with Gasteiger partial charge in [0.05, 0.1) is 21.5 Å². The van der Waals surface area contributed by atoms with Gasteiger partial charge in [0.25, 0.3) is 5.91 Å². The second-order valence-corrected chi connectivity index (χ2v) is 8.06. The Hall–Kier alpha value is -1.08. The van der Waals surface area contributed by atoms with Crippen molar-refractivity contribution in [3.63, 3.8) is 0 Å². The number of phenolic OH excluding ortho intramolecular Hbond substituents is 1. The smallest absolute Gasteiger partial charge is 0.251 e. The Balaban J connectivity index is 2.15. The van der Waals surface area contributed by atoms with Gasteiger partial charge in [0.15, 0.2) is 9.84 Å². The summed E-state index contributed by atoms with van der Waals surface area (Å²) >= 11 is 3.13. The zero-order valence-electron chi connectivity index (χ0n) is 10.3. The number of hydrogen-bond donors (Lipinski definition) is 2. The van der Waals surface area contributed by atoms with Crippen LogP contribution in [-0.2, 0) is 9.84 Å². The maximum absolute atomic E-state index is 12.0. The monoisotopic (exact) mass is 347 g/mol. The van der Waals surface area contributed by atoms with Crippen LogP contribution in [0.1, 0.15) is 23.7 Å². The number of nitrogens with one attached hydrogen (secondary N) is 1. The Kier molecular flexibility index (Phi) is 3.61. The molecule has 0 aliphatic carbocycles. The molecule has 1 aromatic rings. The fourth-order valence-corrected chi connectivity index (χ4v) is 4.45. The van der Waals surface area contributed by atoms with Crippen molar-refractivity contribution in [2.45, 2.75) is 18.9 Å². The first-order chi connectivity index (χ1) is 8.71. The lowest BCUT2D eigenvalue weighted by molar-refractivity contribution is 0.0915. The van der Waals surface area contributed by atoms with Crippen molar-refractivity contribution in [3.05, 3.63) is 28.2 Å². The highest BCUT2D eigenvalue weighted by Crippen LogP contribution is 2.26. The van der Waals surface area contributed by atoms with E-state index in [4.69, 9.17) is 0 Å². The second-order valence-electron chi connectivity index (χ2n) is 5.02. The van der Waals surface area contributed by atoms with E-state index in [2.05, 4.69) is 21.2 Å². The fraction of sp³-hybridized carbons (Fsp3) is 0.417. The predicted molar refractivity (Wildman–Crippen MR) is 74.9 cm³/mol. The van der Waals surface area contributed by atoms with Gasteiger partial charge in [0.2, 0.25) is 0 Å². The molecule has 0 bridgehead atoms. The minimum absolute atomic E-state index is 0.0307. The molecule has 2 rings (SSSR count). The van der Waals surface area contributed by atoms with Gasteiger partial charge < -0.3 is 10.4 Å². The van der Waals surface area contributed by atoms with Gasteiger partial charge >= 0.3 is 0 Å². The molecule has 104 valence electrons. The standard InChI is InChI=1S/C12H14BrNO4S/c1-12(4-5-19(17,18)7-12)14-11(16)8-2-3-9(13)10(15)6-8/h2-3,6,15H,4-5,7H2,1H3,(H,14,16). The molecule has 1 atom stereocenters. The summed E-state index contributed by atoms with van der Waals surface area (Å²) in [4.78, 5) is 12.0. The third kappa shape index (κ3) is 3.27. The Bertz CT molecular complexity index is 629. The number of aromatic hydroxyl groups is 1. The number of halogens is 1. The molecule has 0 saturated carbocycles. The Morgan fingerprint density at radius 1 is 1.47 bits per heavy atom. The molecule has 0 spiro atoms. The molecule has 1 aliphatic rings. The number of carbonyl (C=O) groups is 1. The number of benzene rings is 1. The van der Waals surface area contributed by atoms with Crippen molar-refractivity contribution in [2.75, 3.05) is 11.5 Å². The minimum atomic E-state index is -3.07. The van der Waals surface area contributed by atoms with E-state index in [0.29, 0.717) is 16.5 Å². The molecule has 1 aliphatic heterocycles. The summed E-state index contributed by atoms with van der Waals surface area (Å²) < 4.78 is 23.4. The van der Waals surface area contributed by atoms with E-state index < -0.39 is 15.4 Å². The highest BCUT2D eigenvalue weighted by atomic mass is 79.9. The lowest BCUT2D eigenvalue weighted by Crippen LogP contribution is -2.46. The largest absolute Gasteiger partial charge is 0.507 e. The molecule has 0 aromatic heterocycles. The lowest BCUT2D eigenvalue weighted by atomic mass is 10.0. The zero-order valence-corrected chi connectivity index (χ0v) is 12.7. The number of phenols is 1. The Labute approximate surface area is 120 Å². The number of hydrogen-bond acceptors (Lipinski definition) is 4. The molecule has 1 heterocycles. The molecule has 2 N–H and O–H groups in total. The molecule has 7 heteroatoms. The van der Waals surface area contributed by atoms with E-state index in [-0.39, 0.29) is 23.2 Å². The summed E-state index contributed by atoms with van der Waals surface area (Å²) in [5.41, 5.74) is -0.440. The first kappa shape index (κ1) is 14.3. The second kappa shape index (κ2) is 4.79. The molecule has 19 heavy (non-hydrogen) atoms. The van der Waals surface area contributed by atoms with Gasteiger partial charge in [0.1, 0.15) is 5.75 Å². The van der Waals surface area contributed by atoms with Crippen LogP contribution in [0.5, 0.6) is 5.75 Å². The van der Waals surface area contributed by atoms with Crippen molar-refractivity contribution < 1.29 is 18.3 Å². The molecule has 0 radical (unpaired) electrons. The van der Waals surface area contributed by atoms with Gasteiger partial charge in [-0.05, 0) is 47.5 Å². The summed E-state index contributed by atoms with van der Waals surface area (Å²) in [6, 6.07) is 4.47. The van der Waals surface area contributed by atoms with E-state index in [0.717, 1.165) is 0 Å². The minimum Gasteiger partial charge on any atom is -0.507 e. The van der Waals surface area contributed by atoms with Gasteiger partial charge in [-0.15, -0.1) is 0 Å². The number of amides is 1. The average molecular weight is 348 g/mol. The SMILES string of the molecule is CC1(NC(=O)c2ccc(Br)c(O)c2)CCS(=O)(=O)C1. The maximum atomic E-state index is 12.0. The molecular formula is C12H14BrNO4S. The summed E-state index contributed by atoms with van der Waals surface area (Å²) in [5.74, 6) is -0.372. The molecule has 1 aromatic carbocycles. The van der Waals surface area contributed by atoms with Crippen molar-refractivity contribution >= 4 is 31.7 Å². The van der Waals surface area contributed by atoms with Crippen molar-refractivity contribution in [2.24, 2.45) is 0 Å². The topological polar surface area (TPSA) is 83.5 Å². The molecule has 5 nitrogen and oxygen atoms in total. The highest BCUT2D eigenvalue weighted by Gasteiger charge is 2.39. The van der Waals surface area contributed by atoms with Gasteiger partial charge in [-0.1, -0.05) is 0 Å². The Morgan fingerprint density at radius 3 is 2.68 bits per heavy atom. The maximum Gasteiger partial charge on any atom is 0.251 e. The van der Waals surface area contributed by atoms with Crippen LogP contribution in [0.4, 0.5) is 0 Å². The van der Waals surface area contributed by atoms with Crippen LogP contribution in [0, 0.1) is 0 Å². The highest BCUT2D eigenvalue weighted by molar-refractivity contribution is 9.10. The van der Waals surface area contributed by atoms with E-state index in [1.807, 2.05) is 0 Å². The van der Waals surface area contributed by atoms with Crippen LogP contribution in [-0.4, -0.2) is 36.5 Å². The fourth-order valence-electron chi connectivity index (χ4n) is 2.11. The van der Waals surface area contributed by atoms with Crippen LogP contribution >= 0.6 is 15.9 Å². The lowest BCUT2D eigenvalue weighted by Gasteiger charge is -2.23. The van der Waals surface area contributed by atoms with Crippen molar-refractivity contribution in [3.8, 4) is 5.75 Å². The van der Waals surface area contributed by atoms with E-state index in [1.54, 1.807) is 19.1 Å². The predicted octanol–water partition coefficient (Wildman–Crippen LogP) is 1.46. The van der Waals surface area contributed by atoms with Gasteiger partial charge in [-0.2, -0.15) is 0 Å². The van der Waals surface area contributed by atoms with Crippen LogP contribution in [0.25, 0.3) is 0 Å². The van der Waals surface area contributed by atoms with Crippen LogP contribution in [0.15, 0.2) is 22.7 Å². The Morgan fingerprint density at radius 2 is 2.16 bits per heavy atom. The van der Waals surface area contributed by atoms with Crippen molar-refractivity contribution in [1.82, 2.24) is 5.32 Å². The molecule has 1 fully saturated rings. The van der Waals surface area contributed by atoms with Crippen LogP contribution in [0.2, 0.25) is 0 Å². The van der Waals surface area contributed by atoms with Gasteiger partial charge in [-0.3, -0.25) is 4.79 Å². The van der Waals surface area contributed by atoms with E-state index in [9.17, 15) is 18.3 Å². The zero-order chi connectivity index (χ0) is 14.3.